The molecule has 0 saturated heterocycles. The first-order valence-corrected chi connectivity index (χ1v) is 10.7. The van der Waals surface area contributed by atoms with Crippen molar-refractivity contribution in [3.05, 3.63) is 114 Å². The molecule has 0 aromatic heterocycles. The Morgan fingerprint density at radius 3 is 2.09 bits per heavy atom. The number of carbonyl (C=O) groups excluding carboxylic acids is 1. The standard InChI is InChI=1S/C28H24N2O2/c29-21-10-7-9-19(16-21)22-11-2-1-8-20(22)17-30-28(31)32-18-27-25-14-5-3-12-23(25)24-13-4-6-15-26(24)27/h1-16,27H,17-18,29H2,(H,30,31). The third-order valence-electron chi connectivity index (χ3n) is 5.98. The summed E-state index contributed by atoms with van der Waals surface area (Å²) >= 11 is 0. The molecular formula is C28H24N2O2. The molecule has 0 aliphatic heterocycles. The van der Waals surface area contributed by atoms with Crippen molar-refractivity contribution in [1.29, 1.82) is 0 Å². The highest BCUT2D eigenvalue weighted by molar-refractivity contribution is 5.79. The highest BCUT2D eigenvalue weighted by Crippen LogP contribution is 2.44. The van der Waals surface area contributed by atoms with Gasteiger partial charge in [0.05, 0.1) is 0 Å². The number of nitrogens with two attached hydrogens (primary N) is 1. The lowest BCUT2D eigenvalue weighted by atomic mass is 9.98. The van der Waals surface area contributed by atoms with Gasteiger partial charge in [-0.05, 0) is 51.1 Å². The van der Waals surface area contributed by atoms with E-state index < -0.39 is 6.09 Å². The van der Waals surface area contributed by atoms with Crippen molar-refractivity contribution in [2.45, 2.75) is 12.5 Å². The van der Waals surface area contributed by atoms with E-state index >= 15 is 0 Å². The molecule has 0 heterocycles. The van der Waals surface area contributed by atoms with Crippen LogP contribution in [0.5, 0.6) is 0 Å². The maximum absolute atomic E-state index is 12.5. The molecule has 158 valence electrons. The number of nitrogen functional groups attached to an aromatic ring is 1. The Morgan fingerprint density at radius 2 is 1.41 bits per heavy atom. The topological polar surface area (TPSA) is 64.3 Å². The second-order valence-corrected chi connectivity index (χ2v) is 7.96. The molecule has 4 nitrogen and oxygen atoms in total. The Labute approximate surface area is 187 Å². The smallest absolute Gasteiger partial charge is 0.407 e. The van der Waals surface area contributed by atoms with Gasteiger partial charge in [0.2, 0.25) is 0 Å². The summed E-state index contributed by atoms with van der Waals surface area (Å²) in [5.41, 5.74) is 14.6. The molecule has 4 heteroatoms. The summed E-state index contributed by atoms with van der Waals surface area (Å²) in [6.45, 7) is 0.679. The van der Waals surface area contributed by atoms with Crippen molar-refractivity contribution in [3.63, 3.8) is 0 Å². The summed E-state index contributed by atoms with van der Waals surface area (Å²) in [6, 6.07) is 32.4. The molecule has 0 saturated carbocycles. The van der Waals surface area contributed by atoms with Gasteiger partial charge in [-0.2, -0.15) is 0 Å². The van der Waals surface area contributed by atoms with E-state index in [0.717, 1.165) is 16.7 Å². The van der Waals surface area contributed by atoms with E-state index in [9.17, 15) is 4.79 Å². The zero-order chi connectivity index (χ0) is 21.9. The van der Waals surface area contributed by atoms with Gasteiger partial charge in [-0.25, -0.2) is 4.79 Å². The number of alkyl carbamates (subject to hydrolysis) is 1. The number of benzene rings is 4. The van der Waals surface area contributed by atoms with Crippen LogP contribution in [0.2, 0.25) is 0 Å². The van der Waals surface area contributed by atoms with Gasteiger partial charge in [0, 0.05) is 18.2 Å². The van der Waals surface area contributed by atoms with Gasteiger partial charge in [0.1, 0.15) is 6.61 Å². The fourth-order valence-corrected chi connectivity index (χ4v) is 4.48. The lowest BCUT2D eigenvalue weighted by molar-refractivity contribution is 0.142. The maximum atomic E-state index is 12.5. The van der Waals surface area contributed by atoms with Gasteiger partial charge < -0.3 is 15.8 Å². The molecular weight excluding hydrogens is 396 g/mol. The highest BCUT2D eigenvalue weighted by atomic mass is 16.5. The minimum Gasteiger partial charge on any atom is -0.449 e. The second kappa shape index (κ2) is 8.60. The fourth-order valence-electron chi connectivity index (χ4n) is 4.48. The highest BCUT2D eigenvalue weighted by Gasteiger charge is 2.28. The number of anilines is 1. The first-order valence-electron chi connectivity index (χ1n) is 10.7. The largest absolute Gasteiger partial charge is 0.449 e. The monoisotopic (exact) mass is 420 g/mol. The molecule has 0 bridgehead atoms. The van der Waals surface area contributed by atoms with Crippen LogP contribution >= 0.6 is 0 Å². The average molecular weight is 421 g/mol. The zero-order valence-electron chi connectivity index (χ0n) is 17.6. The molecule has 4 aromatic rings. The van der Waals surface area contributed by atoms with Crippen LogP contribution in [0.1, 0.15) is 22.6 Å². The van der Waals surface area contributed by atoms with E-state index in [1.54, 1.807) is 0 Å². The number of rotatable bonds is 5. The van der Waals surface area contributed by atoms with E-state index in [1.165, 1.54) is 22.3 Å². The summed E-state index contributed by atoms with van der Waals surface area (Å²) < 4.78 is 5.66. The van der Waals surface area contributed by atoms with Crippen molar-refractivity contribution < 1.29 is 9.53 Å². The molecule has 32 heavy (non-hydrogen) atoms. The van der Waals surface area contributed by atoms with E-state index in [4.69, 9.17) is 10.5 Å². The number of hydrogen-bond acceptors (Lipinski definition) is 3. The van der Waals surface area contributed by atoms with Crippen LogP contribution in [-0.4, -0.2) is 12.7 Å². The number of nitrogens with one attached hydrogen (secondary N) is 1. The molecule has 5 rings (SSSR count). The SMILES string of the molecule is Nc1cccc(-c2ccccc2CNC(=O)OCC2c3ccccc3-c3ccccc32)c1. The molecule has 0 spiro atoms. The first-order chi connectivity index (χ1) is 15.7. The summed E-state index contributed by atoms with van der Waals surface area (Å²) in [7, 11) is 0. The van der Waals surface area contributed by atoms with E-state index in [2.05, 4.69) is 29.6 Å². The summed E-state index contributed by atoms with van der Waals surface area (Å²) in [5, 5.41) is 2.90. The maximum Gasteiger partial charge on any atom is 0.407 e. The van der Waals surface area contributed by atoms with Crippen LogP contribution in [0.15, 0.2) is 97.1 Å². The van der Waals surface area contributed by atoms with E-state index in [-0.39, 0.29) is 5.92 Å². The van der Waals surface area contributed by atoms with Crippen LogP contribution in [0.3, 0.4) is 0 Å². The Bertz CT molecular complexity index is 1240. The summed E-state index contributed by atoms with van der Waals surface area (Å²) in [5.74, 6) is 0.0488. The second-order valence-electron chi connectivity index (χ2n) is 7.96. The molecule has 0 radical (unpaired) electrons. The molecule has 1 aliphatic carbocycles. The molecule has 0 atom stereocenters. The van der Waals surface area contributed by atoms with Gasteiger partial charge in [0.25, 0.3) is 0 Å². The van der Waals surface area contributed by atoms with Gasteiger partial charge >= 0.3 is 6.09 Å². The van der Waals surface area contributed by atoms with Gasteiger partial charge in [-0.3, -0.25) is 0 Å². The number of ether oxygens (including phenoxy) is 1. The van der Waals surface area contributed by atoms with Crippen molar-refractivity contribution in [1.82, 2.24) is 5.32 Å². The molecule has 1 aliphatic rings. The van der Waals surface area contributed by atoms with E-state index in [1.807, 2.05) is 72.8 Å². The minimum absolute atomic E-state index is 0.0488. The quantitative estimate of drug-likeness (QED) is 0.391. The Morgan fingerprint density at radius 1 is 0.781 bits per heavy atom. The van der Waals surface area contributed by atoms with Crippen LogP contribution in [0, 0.1) is 0 Å². The Hall–Kier alpha value is -4.05. The zero-order valence-corrected chi connectivity index (χ0v) is 17.6. The predicted molar refractivity (Wildman–Crippen MR) is 128 cm³/mol. The van der Waals surface area contributed by atoms with Crippen molar-refractivity contribution in [2.24, 2.45) is 0 Å². The van der Waals surface area contributed by atoms with Gasteiger partial charge in [-0.1, -0.05) is 84.9 Å². The molecule has 4 aromatic carbocycles. The van der Waals surface area contributed by atoms with Gasteiger partial charge in [0.15, 0.2) is 0 Å². The van der Waals surface area contributed by atoms with Crippen molar-refractivity contribution in [2.75, 3.05) is 12.3 Å². The molecule has 3 N–H and O–H groups in total. The van der Waals surface area contributed by atoms with Crippen LogP contribution in [0.25, 0.3) is 22.3 Å². The lowest BCUT2D eigenvalue weighted by Crippen LogP contribution is -2.25. The number of hydrogen-bond donors (Lipinski definition) is 2. The van der Waals surface area contributed by atoms with Crippen LogP contribution < -0.4 is 11.1 Å². The summed E-state index contributed by atoms with van der Waals surface area (Å²) in [6.07, 6.45) is -0.422. The fraction of sp³-hybridized carbons (Fsp3) is 0.107. The van der Waals surface area contributed by atoms with Crippen LogP contribution in [-0.2, 0) is 11.3 Å². The number of amides is 1. The minimum atomic E-state index is -0.422. The Balaban J connectivity index is 1.27. The lowest BCUT2D eigenvalue weighted by Gasteiger charge is -2.15. The normalized spacial score (nSPS) is 12.1. The third kappa shape index (κ3) is 3.83. The molecule has 0 fully saturated rings. The average Bonchev–Trinajstić information content (AvgIpc) is 3.15. The number of fused-ring (bicyclic) bond motifs is 3. The third-order valence-corrected chi connectivity index (χ3v) is 5.98. The molecule has 1 amide bonds. The first kappa shape index (κ1) is 19.9. The predicted octanol–water partition coefficient (Wildman–Crippen LogP) is 5.97. The van der Waals surface area contributed by atoms with Gasteiger partial charge in [-0.15, -0.1) is 0 Å². The van der Waals surface area contributed by atoms with Crippen molar-refractivity contribution in [3.8, 4) is 22.3 Å². The van der Waals surface area contributed by atoms with Crippen molar-refractivity contribution >= 4 is 11.8 Å². The van der Waals surface area contributed by atoms with E-state index in [0.29, 0.717) is 18.8 Å². The Kier molecular flexibility index (Phi) is 5.34. The number of carbonyl (C=O) groups is 1. The molecule has 0 unspecified atom stereocenters. The van der Waals surface area contributed by atoms with Crippen LogP contribution in [0.4, 0.5) is 10.5 Å². The summed E-state index contributed by atoms with van der Waals surface area (Å²) in [4.78, 5) is 12.5.